The predicted octanol–water partition coefficient (Wildman–Crippen LogP) is 3.35. The first kappa shape index (κ1) is 14.2. The lowest BCUT2D eigenvalue weighted by atomic mass is 10.1. The number of alkyl halides is 3. The summed E-state index contributed by atoms with van der Waals surface area (Å²) in [6.07, 6.45) is -4.69. The first-order valence-corrected chi connectivity index (χ1v) is 5.44. The van der Waals surface area contributed by atoms with E-state index in [0.717, 1.165) is 25.2 Å². The molecule has 20 heavy (non-hydrogen) atoms. The van der Waals surface area contributed by atoms with E-state index >= 15 is 0 Å². The zero-order valence-corrected chi connectivity index (χ0v) is 10.1. The Morgan fingerprint density at radius 1 is 1.00 bits per heavy atom. The van der Waals surface area contributed by atoms with E-state index in [2.05, 4.69) is 0 Å². The number of benzene rings is 1. The normalized spacial score (nSPS) is 11.7. The monoisotopic (exact) mass is 289 g/mol. The van der Waals surface area contributed by atoms with Gasteiger partial charge in [-0.2, -0.15) is 13.2 Å². The van der Waals surface area contributed by atoms with Crippen LogP contribution in [-0.2, 0) is 13.2 Å². The fraction of sp³-hybridized carbons (Fsp3) is 0.154. The highest BCUT2D eigenvalue weighted by Crippen LogP contribution is 2.29. The highest BCUT2D eigenvalue weighted by Gasteiger charge is 2.34. The van der Waals surface area contributed by atoms with Gasteiger partial charge in [0.1, 0.15) is 17.3 Å². The van der Waals surface area contributed by atoms with Gasteiger partial charge in [0.25, 0.3) is 5.56 Å². The number of rotatable bonds is 1. The fourth-order valence-corrected chi connectivity index (χ4v) is 1.83. The minimum Gasteiger partial charge on any atom is -0.307 e. The Morgan fingerprint density at radius 2 is 1.60 bits per heavy atom. The number of hydrogen-bond donors (Lipinski definition) is 0. The van der Waals surface area contributed by atoms with E-state index in [0.29, 0.717) is 16.7 Å². The van der Waals surface area contributed by atoms with Crippen LogP contribution in [-0.4, -0.2) is 4.57 Å². The molecule has 0 aliphatic carbocycles. The minimum absolute atomic E-state index is 0.249. The second-order valence-electron chi connectivity index (χ2n) is 4.12. The first-order chi connectivity index (χ1) is 9.21. The van der Waals surface area contributed by atoms with Crippen LogP contribution in [0.3, 0.4) is 0 Å². The Balaban J connectivity index is 2.66. The van der Waals surface area contributed by atoms with Crippen molar-refractivity contribution in [2.24, 2.45) is 7.05 Å². The molecule has 0 unspecified atom stereocenters. The summed E-state index contributed by atoms with van der Waals surface area (Å²) in [6.45, 7) is 0. The standard InChI is InChI=1S/C13H8F5NO/c1-19-11(13(16,17)18)5-4-9(12(19)20)8-3-2-7(14)6-10(8)15/h2-6H,1H3. The molecule has 106 valence electrons. The number of aromatic nitrogens is 1. The largest absolute Gasteiger partial charge is 0.431 e. The van der Waals surface area contributed by atoms with Crippen LogP contribution in [0, 0.1) is 11.6 Å². The molecular formula is C13H8F5NO. The first-order valence-electron chi connectivity index (χ1n) is 5.44. The van der Waals surface area contributed by atoms with Crippen LogP contribution in [0.15, 0.2) is 35.1 Å². The molecule has 0 radical (unpaired) electrons. The summed E-state index contributed by atoms with van der Waals surface area (Å²) in [7, 11) is 0.941. The molecule has 2 rings (SSSR count). The number of halogens is 5. The lowest BCUT2D eigenvalue weighted by Gasteiger charge is -2.13. The van der Waals surface area contributed by atoms with Gasteiger partial charge in [0, 0.05) is 18.7 Å². The Hall–Kier alpha value is -2.18. The highest BCUT2D eigenvalue weighted by molar-refractivity contribution is 5.63. The Kier molecular flexibility index (Phi) is 3.37. The second-order valence-corrected chi connectivity index (χ2v) is 4.12. The van der Waals surface area contributed by atoms with Crippen molar-refractivity contribution < 1.29 is 22.0 Å². The van der Waals surface area contributed by atoms with Crippen molar-refractivity contribution in [3.05, 3.63) is 58.0 Å². The average Bonchev–Trinajstić information content (AvgIpc) is 2.32. The number of hydrogen-bond acceptors (Lipinski definition) is 1. The van der Waals surface area contributed by atoms with Crippen LogP contribution < -0.4 is 5.56 Å². The van der Waals surface area contributed by atoms with Gasteiger partial charge >= 0.3 is 6.18 Å². The quantitative estimate of drug-likeness (QED) is 0.738. The summed E-state index contributed by atoms with van der Waals surface area (Å²) in [6, 6.07) is 4.05. The van der Waals surface area contributed by atoms with Crippen molar-refractivity contribution in [1.82, 2.24) is 4.57 Å². The molecule has 1 heterocycles. The lowest BCUT2D eigenvalue weighted by Crippen LogP contribution is -2.26. The topological polar surface area (TPSA) is 22.0 Å². The van der Waals surface area contributed by atoms with Crippen molar-refractivity contribution in [3.63, 3.8) is 0 Å². The molecule has 0 N–H and O–H groups in total. The van der Waals surface area contributed by atoms with Gasteiger partial charge in [-0.3, -0.25) is 4.79 Å². The Morgan fingerprint density at radius 3 is 2.15 bits per heavy atom. The molecule has 0 bridgehead atoms. The van der Waals surface area contributed by atoms with Crippen LogP contribution in [0.4, 0.5) is 22.0 Å². The molecule has 0 atom stereocenters. The maximum atomic E-state index is 13.6. The minimum atomic E-state index is -4.69. The van der Waals surface area contributed by atoms with Crippen molar-refractivity contribution in [3.8, 4) is 11.1 Å². The zero-order valence-electron chi connectivity index (χ0n) is 10.1. The molecule has 1 aromatic heterocycles. The Bertz CT molecular complexity index is 718. The molecule has 0 spiro atoms. The summed E-state index contributed by atoms with van der Waals surface area (Å²) in [4.78, 5) is 11.9. The third-order valence-corrected chi connectivity index (χ3v) is 2.82. The van der Waals surface area contributed by atoms with Crippen LogP contribution >= 0.6 is 0 Å². The van der Waals surface area contributed by atoms with E-state index in [1.165, 1.54) is 0 Å². The molecule has 2 aromatic rings. The summed E-state index contributed by atoms with van der Waals surface area (Å²) in [5, 5.41) is 0. The number of nitrogens with zero attached hydrogens (tertiary/aromatic N) is 1. The highest BCUT2D eigenvalue weighted by atomic mass is 19.4. The van der Waals surface area contributed by atoms with Gasteiger partial charge in [-0.1, -0.05) is 0 Å². The smallest absolute Gasteiger partial charge is 0.307 e. The zero-order chi connectivity index (χ0) is 15.1. The van der Waals surface area contributed by atoms with Crippen LogP contribution in [0.25, 0.3) is 11.1 Å². The van der Waals surface area contributed by atoms with Crippen LogP contribution in [0.1, 0.15) is 5.69 Å². The summed E-state index contributed by atoms with van der Waals surface area (Å²) in [5.74, 6) is -1.85. The lowest BCUT2D eigenvalue weighted by molar-refractivity contribution is -0.143. The molecule has 2 nitrogen and oxygen atoms in total. The van der Waals surface area contributed by atoms with Crippen LogP contribution in [0.5, 0.6) is 0 Å². The van der Waals surface area contributed by atoms with Gasteiger partial charge in [0.05, 0.1) is 5.56 Å². The third kappa shape index (κ3) is 2.43. The fourth-order valence-electron chi connectivity index (χ4n) is 1.83. The summed E-state index contributed by atoms with van der Waals surface area (Å²) in [5.41, 5.74) is -2.67. The van der Waals surface area contributed by atoms with E-state index in [9.17, 15) is 26.7 Å². The molecule has 0 aliphatic heterocycles. The maximum absolute atomic E-state index is 13.6. The molecule has 7 heteroatoms. The van der Waals surface area contributed by atoms with E-state index in [1.807, 2.05) is 0 Å². The van der Waals surface area contributed by atoms with Gasteiger partial charge in [-0.15, -0.1) is 0 Å². The van der Waals surface area contributed by atoms with E-state index in [-0.39, 0.29) is 11.1 Å². The van der Waals surface area contributed by atoms with E-state index in [4.69, 9.17) is 0 Å². The van der Waals surface area contributed by atoms with E-state index in [1.54, 1.807) is 0 Å². The van der Waals surface area contributed by atoms with Crippen molar-refractivity contribution in [2.45, 2.75) is 6.18 Å². The molecule has 0 saturated carbocycles. The molecule has 0 saturated heterocycles. The van der Waals surface area contributed by atoms with Gasteiger partial charge in [0.2, 0.25) is 0 Å². The summed E-state index contributed by atoms with van der Waals surface area (Å²) < 4.78 is 64.6. The number of pyridine rings is 1. The van der Waals surface area contributed by atoms with Gasteiger partial charge in [-0.05, 0) is 24.3 Å². The Labute approximate surface area is 110 Å². The molecule has 1 aromatic carbocycles. The molecule has 0 fully saturated rings. The van der Waals surface area contributed by atoms with Crippen molar-refractivity contribution in [2.75, 3.05) is 0 Å². The molecule has 0 amide bonds. The third-order valence-electron chi connectivity index (χ3n) is 2.82. The predicted molar refractivity (Wildman–Crippen MR) is 62.0 cm³/mol. The second kappa shape index (κ2) is 4.73. The van der Waals surface area contributed by atoms with E-state index < -0.39 is 29.1 Å². The van der Waals surface area contributed by atoms with Gasteiger partial charge in [0.15, 0.2) is 0 Å². The van der Waals surface area contributed by atoms with Crippen LogP contribution in [0.2, 0.25) is 0 Å². The maximum Gasteiger partial charge on any atom is 0.431 e. The summed E-state index contributed by atoms with van der Waals surface area (Å²) >= 11 is 0. The van der Waals surface area contributed by atoms with Crippen molar-refractivity contribution in [1.29, 1.82) is 0 Å². The molecule has 0 aliphatic rings. The van der Waals surface area contributed by atoms with Gasteiger partial charge < -0.3 is 4.57 Å². The average molecular weight is 289 g/mol. The van der Waals surface area contributed by atoms with Gasteiger partial charge in [-0.25, -0.2) is 8.78 Å². The molecular weight excluding hydrogens is 281 g/mol. The van der Waals surface area contributed by atoms with Crippen molar-refractivity contribution >= 4 is 0 Å². The SMILES string of the molecule is Cn1c(C(F)(F)F)ccc(-c2ccc(F)cc2F)c1=O.